The number of likely N-dealkylation sites (N-methyl/N-ethyl adjacent to an activating group) is 1. The first-order chi connectivity index (χ1) is 16.7. The summed E-state index contributed by atoms with van der Waals surface area (Å²) in [5, 5.41) is 8.95. The van der Waals surface area contributed by atoms with Gasteiger partial charge < -0.3 is 34.9 Å². The number of ether oxygens (including phenoxy) is 4. The number of alkyl carbamates (subject to hydrolysis) is 1. The van der Waals surface area contributed by atoms with Crippen LogP contribution in [0.5, 0.6) is 0 Å². The standard InChI is InChI=1S/C26H43N3O6/c1-16(2)6-11-20-25(3,35-20)23-22(32-5)19(12-13-26(23)15-33-26)34-24(31)29-18-9-7-17(8-10-18)28-21(30)14-27-4/h6,17-20,22-23,27H,7-15H2,1-5H3,(H,28,30)(H,29,31)/t17-,18-,19?,20-,22?,23?,25?,26+/m1/s1. The Labute approximate surface area is 209 Å². The van der Waals surface area contributed by atoms with Gasteiger partial charge in [-0.1, -0.05) is 11.6 Å². The van der Waals surface area contributed by atoms with E-state index in [2.05, 4.69) is 42.8 Å². The van der Waals surface area contributed by atoms with E-state index in [0.717, 1.165) is 38.5 Å². The maximum absolute atomic E-state index is 12.8. The Morgan fingerprint density at radius 1 is 1.09 bits per heavy atom. The SMILES string of the molecule is CNCC(=O)N[C@H]1CC[C@H](NC(=O)OC2CC[C@]3(CO3)C(C3(C)O[C@@H]3CC=C(C)C)C2OC)CC1. The number of rotatable bonds is 9. The average Bonchev–Trinajstić information content (AvgIpc) is 3.72. The van der Waals surface area contributed by atoms with E-state index in [1.807, 2.05) is 0 Å². The average molecular weight is 494 g/mol. The van der Waals surface area contributed by atoms with Crippen molar-refractivity contribution >= 4 is 12.0 Å². The molecule has 2 amide bonds. The van der Waals surface area contributed by atoms with Crippen LogP contribution in [-0.2, 0) is 23.7 Å². The van der Waals surface area contributed by atoms with E-state index in [0.29, 0.717) is 19.6 Å². The molecule has 2 heterocycles. The van der Waals surface area contributed by atoms with Gasteiger partial charge in [0.25, 0.3) is 0 Å². The molecule has 3 N–H and O–H groups in total. The summed E-state index contributed by atoms with van der Waals surface area (Å²) in [7, 11) is 3.45. The molecule has 35 heavy (non-hydrogen) atoms. The number of methoxy groups -OCH3 is 1. The molecule has 2 aliphatic carbocycles. The first-order valence-electron chi connectivity index (χ1n) is 13.1. The zero-order chi connectivity index (χ0) is 25.2. The van der Waals surface area contributed by atoms with Gasteiger partial charge in [-0.25, -0.2) is 4.79 Å². The van der Waals surface area contributed by atoms with E-state index < -0.39 is 6.09 Å². The molecule has 2 saturated carbocycles. The topological polar surface area (TPSA) is 114 Å². The van der Waals surface area contributed by atoms with Crippen LogP contribution in [0.4, 0.5) is 4.79 Å². The van der Waals surface area contributed by atoms with Crippen molar-refractivity contribution in [1.82, 2.24) is 16.0 Å². The van der Waals surface area contributed by atoms with Crippen molar-refractivity contribution in [3.63, 3.8) is 0 Å². The Bertz CT molecular complexity index is 803. The summed E-state index contributed by atoms with van der Waals surface area (Å²) in [6, 6.07) is 0.214. The Morgan fingerprint density at radius 2 is 1.74 bits per heavy atom. The Morgan fingerprint density at radius 3 is 2.31 bits per heavy atom. The third-order valence-corrected chi connectivity index (χ3v) is 8.25. The zero-order valence-electron chi connectivity index (χ0n) is 21.9. The number of carbonyl (C=O) groups excluding carboxylic acids is 2. The van der Waals surface area contributed by atoms with Crippen LogP contribution in [0.3, 0.4) is 0 Å². The van der Waals surface area contributed by atoms with Gasteiger partial charge in [0.05, 0.1) is 25.2 Å². The van der Waals surface area contributed by atoms with E-state index in [1.165, 1.54) is 5.57 Å². The summed E-state index contributed by atoms with van der Waals surface area (Å²) in [4.78, 5) is 24.6. The van der Waals surface area contributed by atoms with Crippen LogP contribution < -0.4 is 16.0 Å². The van der Waals surface area contributed by atoms with E-state index in [4.69, 9.17) is 18.9 Å². The fourth-order valence-electron chi connectivity index (χ4n) is 6.23. The highest BCUT2D eigenvalue weighted by atomic mass is 16.6. The van der Waals surface area contributed by atoms with Gasteiger partial charge in [-0.15, -0.1) is 0 Å². The molecule has 4 unspecified atom stereocenters. The molecule has 0 aromatic rings. The molecular formula is C26H43N3O6. The molecule has 9 nitrogen and oxygen atoms in total. The van der Waals surface area contributed by atoms with Crippen molar-refractivity contribution in [3.8, 4) is 0 Å². The van der Waals surface area contributed by atoms with Crippen molar-refractivity contribution in [3.05, 3.63) is 11.6 Å². The van der Waals surface area contributed by atoms with Crippen LogP contribution in [0.2, 0.25) is 0 Å². The Hall–Kier alpha value is -1.68. The highest BCUT2D eigenvalue weighted by Crippen LogP contribution is 2.59. The molecule has 4 aliphatic rings. The molecule has 198 valence electrons. The summed E-state index contributed by atoms with van der Waals surface area (Å²) in [5.41, 5.74) is 0.693. The smallest absolute Gasteiger partial charge is 0.407 e. The van der Waals surface area contributed by atoms with Crippen molar-refractivity contribution in [2.24, 2.45) is 5.92 Å². The largest absolute Gasteiger partial charge is 0.443 e. The molecule has 0 bridgehead atoms. The second kappa shape index (κ2) is 10.7. The van der Waals surface area contributed by atoms with Gasteiger partial charge in [0.1, 0.15) is 23.4 Å². The maximum Gasteiger partial charge on any atom is 0.407 e. The summed E-state index contributed by atoms with van der Waals surface area (Å²) in [6.07, 6.45) is 7.04. The minimum absolute atomic E-state index is 0.00891. The highest BCUT2D eigenvalue weighted by molar-refractivity contribution is 5.78. The molecule has 4 fully saturated rings. The summed E-state index contributed by atoms with van der Waals surface area (Å²) in [6.45, 7) is 7.36. The van der Waals surface area contributed by atoms with Gasteiger partial charge in [-0.05, 0) is 72.8 Å². The van der Waals surface area contributed by atoms with Crippen LogP contribution in [0.15, 0.2) is 11.6 Å². The number of carbonyl (C=O) groups is 2. The predicted molar refractivity (Wildman–Crippen MR) is 131 cm³/mol. The van der Waals surface area contributed by atoms with Gasteiger partial charge in [0, 0.05) is 19.2 Å². The molecule has 0 aromatic heterocycles. The fourth-order valence-corrected chi connectivity index (χ4v) is 6.23. The van der Waals surface area contributed by atoms with Crippen molar-refractivity contribution in [2.45, 2.75) is 107 Å². The first-order valence-corrected chi connectivity index (χ1v) is 13.1. The summed E-state index contributed by atoms with van der Waals surface area (Å²) < 4.78 is 24.1. The van der Waals surface area contributed by atoms with Crippen molar-refractivity contribution in [2.75, 3.05) is 27.3 Å². The van der Waals surface area contributed by atoms with Crippen LogP contribution >= 0.6 is 0 Å². The van der Waals surface area contributed by atoms with Gasteiger partial charge in [0.2, 0.25) is 5.91 Å². The number of hydrogen-bond acceptors (Lipinski definition) is 7. The third-order valence-electron chi connectivity index (χ3n) is 8.25. The lowest BCUT2D eigenvalue weighted by atomic mass is 9.68. The van der Waals surface area contributed by atoms with Crippen LogP contribution in [0.25, 0.3) is 0 Å². The number of allylic oxidation sites excluding steroid dienone is 1. The number of amides is 2. The second-order valence-electron chi connectivity index (χ2n) is 11.1. The van der Waals surface area contributed by atoms with Gasteiger partial charge >= 0.3 is 6.09 Å². The van der Waals surface area contributed by atoms with E-state index in [1.54, 1.807) is 14.2 Å². The van der Waals surface area contributed by atoms with Gasteiger partial charge in [-0.2, -0.15) is 0 Å². The monoisotopic (exact) mass is 493 g/mol. The third kappa shape index (κ3) is 6.01. The lowest BCUT2D eigenvalue weighted by Gasteiger charge is -2.42. The lowest BCUT2D eigenvalue weighted by Crippen LogP contribution is -2.56. The van der Waals surface area contributed by atoms with Crippen LogP contribution in [0, 0.1) is 5.92 Å². The Kier molecular flexibility index (Phi) is 8.10. The molecule has 0 radical (unpaired) electrons. The molecule has 1 spiro atoms. The van der Waals surface area contributed by atoms with E-state index in [-0.39, 0.29) is 53.4 Å². The molecule has 4 rings (SSSR count). The minimum Gasteiger partial charge on any atom is -0.443 e. The summed E-state index contributed by atoms with van der Waals surface area (Å²) >= 11 is 0. The van der Waals surface area contributed by atoms with Crippen molar-refractivity contribution < 1.29 is 28.5 Å². The van der Waals surface area contributed by atoms with E-state index in [9.17, 15) is 9.59 Å². The lowest BCUT2D eigenvalue weighted by molar-refractivity contribution is -0.121. The molecule has 2 aliphatic heterocycles. The predicted octanol–water partition coefficient (Wildman–Crippen LogP) is 2.44. The number of nitrogens with one attached hydrogen (secondary N) is 3. The molecule has 6 atom stereocenters. The Balaban J connectivity index is 1.30. The molecule has 0 aromatic carbocycles. The van der Waals surface area contributed by atoms with E-state index >= 15 is 0 Å². The molecule has 2 saturated heterocycles. The minimum atomic E-state index is -0.394. The quantitative estimate of drug-likeness (QED) is 0.334. The first kappa shape index (κ1) is 26.4. The normalized spacial score (nSPS) is 40.0. The highest BCUT2D eigenvalue weighted by Gasteiger charge is 2.72. The summed E-state index contributed by atoms with van der Waals surface area (Å²) in [5.74, 6) is 0.0217. The molecule has 9 heteroatoms. The van der Waals surface area contributed by atoms with Crippen LogP contribution in [-0.4, -0.2) is 80.9 Å². The fraction of sp³-hybridized carbons (Fsp3) is 0.846. The zero-order valence-corrected chi connectivity index (χ0v) is 21.9. The van der Waals surface area contributed by atoms with Gasteiger partial charge in [0.15, 0.2) is 0 Å². The number of hydrogen-bond donors (Lipinski definition) is 3. The van der Waals surface area contributed by atoms with Crippen LogP contribution in [0.1, 0.15) is 65.7 Å². The molecular weight excluding hydrogens is 450 g/mol. The van der Waals surface area contributed by atoms with Gasteiger partial charge in [-0.3, -0.25) is 4.79 Å². The van der Waals surface area contributed by atoms with Crippen molar-refractivity contribution in [1.29, 1.82) is 0 Å². The second-order valence-corrected chi connectivity index (χ2v) is 11.1. The maximum atomic E-state index is 12.8. The number of epoxide rings is 2.